The van der Waals surface area contributed by atoms with Crippen LogP contribution in [0.1, 0.15) is 31.1 Å². The van der Waals surface area contributed by atoms with Gasteiger partial charge in [0.05, 0.1) is 6.42 Å². The largest absolute Gasteiger partial charge is 0.355 e. The summed E-state index contributed by atoms with van der Waals surface area (Å²) in [6, 6.07) is 1.94. The Balaban J connectivity index is 1.99. The molecular formula is C16H26N6O. The van der Waals surface area contributed by atoms with Crippen LogP contribution < -0.4 is 5.32 Å². The van der Waals surface area contributed by atoms with Crippen molar-refractivity contribution in [1.82, 2.24) is 29.8 Å². The SMILES string of the molecule is Cc1cc(C)n2nc(CC(=O)NCC(C)(C)CN(C)C)nc2n1. The molecule has 2 rings (SSSR count). The lowest BCUT2D eigenvalue weighted by Gasteiger charge is -2.28. The van der Waals surface area contributed by atoms with E-state index in [0.717, 1.165) is 17.9 Å². The highest BCUT2D eigenvalue weighted by atomic mass is 16.1. The van der Waals surface area contributed by atoms with Crippen LogP contribution in [-0.4, -0.2) is 57.6 Å². The molecule has 0 aliphatic carbocycles. The fraction of sp³-hybridized carbons (Fsp3) is 0.625. The molecule has 7 heteroatoms. The van der Waals surface area contributed by atoms with Crippen LogP contribution in [0.4, 0.5) is 0 Å². The van der Waals surface area contributed by atoms with Crippen molar-refractivity contribution in [3.63, 3.8) is 0 Å². The smallest absolute Gasteiger partial charge is 0.252 e. The number of aryl methyl sites for hydroxylation is 2. The van der Waals surface area contributed by atoms with Gasteiger partial charge in [-0.05, 0) is 39.4 Å². The number of carbonyl (C=O) groups excluding carboxylic acids is 1. The number of nitrogens with zero attached hydrogens (tertiary/aromatic N) is 5. The first kappa shape index (κ1) is 17.3. The second kappa shape index (κ2) is 6.62. The van der Waals surface area contributed by atoms with E-state index in [9.17, 15) is 4.79 Å². The maximum atomic E-state index is 12.1. The first-order valence-corrected chi connectivity index (χ1v) is 7.78. The fourth-order valence-electron chi connectivity index (χ4n) is 2.74. The van der Waals surface area contributed by atoms with Crippen LogP contribution in [0.5, 0.6) is 0 Å². The number of fused-ring (bicyclic) bond motifs is 1. The average Bonchev–Trinajstić information content (AvgIpc) is 2.77. The van der Waals surface area contributed by atoms with Gasteiger partial charge in [-0.2, -0.15) is 4.98 Å². The van der Waals surface area contributed by atoms with Crippen molar-refractivity contribution in [2.45, 2.75) is 34.1 Å². The Morgan fingerprint density at radius 1 is 1.30 bits per heavy atom. The lowest BCUT2D eigenvalue weighted by Crippen LogP contribution is -2.40. The molecule has 2 aromatic heterocycles. The van der Waals surface area contributed by atoms with Crippen LogP contribution >= 0.6 is 0 Å². The van der Waals surface area contributed by atoms with E-state index in [1.165, 1.54) is 0 Å². The van der Waals surface area contributed by atoms with Crippen LogP contribution in [-0.2, 0) is 11.2 Å². The van der Waals surface area contributed by atoms with Gasteiger partial charge in [0.15, 0.2) is 5.82 Å². The van der Waals surface area contributed by atoms with Gasteiger partial charge in [-0.1, -0.05) is 13.8 Å². The zero-order chi connectivity index (χ0) is 17.2. The molecule has 2 aromatic rings. The molecule has 0 radical (unpaired) electrons. The number of carbonyl (C=O) groups is 1. The normalized spacial score (nSPS) is 12.1. The monoisotopic (exact) mass is 318 g/mol. The molecule has 0 bridgehead atoms. The summed E-state index contributed by atoms with van der Waals surface area (Å²) in [5.41, 5.74) is 1.86. The molecule has 23 heavy (non-hydrogen) atoms. The minimum atomic E-state index is -0.0675. The molecule has 0 saturated heterocycles. The molecule has 0 fully saturated rings. The van der Waals surface area contributed by atoms with Gasteiger partial charge in [0.1, 0.15) is 0 Å². The standard InChI is InChI=1S/C16H26N6O/c1-11-7-12(2)22-15(18-11)19-13(20-22)8-14(23)17-9-16(3,4)10-21(5)6/h7H,8-10H2,1-6H3,(H,17,23). The van der Waals surface area contributed by atoms with Crippen LogP contribution in [0.15, 0.2) is 6.07 Å². The first-order valence-electron chi connectivity index (χ1n) is 7.78. The topological polar surface area (TPSA) is 75.4 Å². The van der Waals surface area contributed by atoms with Crippen molar-refractivity contribution < 1.29 is 4.79 Å². The van der Waals surface area contributed by atoms with Gasteiger partial charge in [0, 0.05) is 24.5 Å². The number of nitrogens with one attached hydrogen (secondary N) is 1. The molecule has 1 N–H and O–H groups in total. The van der Waals surface area contributed by atoms with Gasteiger partial charge in [-0.15, -0.1) is 5.10 Å². The Kier molecular flexibility index (Phi) is 4.99. The third kappa shape index (κ3) is 4.72. The third-order valence-electron chi connectivity index (χ3n) is 3.49. The van der Waals surface area contributed by atoms with Crippen molar-refractivity contribution in [2.75, 3.05) is 27.2 Å². The van der Waals surface area contributed by atoms with Crippen LogP contribution in [0.3, 0.4) is 0 Å². The predicted octanol–water partition coefficient (Wildman–Crippen LogP) is 0.988. The van der Waals surface area contributed by atoms with E-state index in [2.05, 4.69) is 39.1 Å². The maximum Gasteiger partial charge on any atom is 0.252 e. The first-order chi connectivity index (χ1) is 10.7. The second-order valence-electron chi connectivity index (χ2n) is 7.13. The molecule has 2 heterocycles. The lowest BCUT2D eigenvalue weighted by molar-refractivity contribution is -0.121. The Labute approximate surface area is 137 Å². The summed E-state index contributed by atoms with van der Waals surface area (Å²) in [7, 11) is 4.06. The summed E-state index contributed by atoms with van der Waals surface area (Å²) in [4.78, 5) is 22.9. The number of hydrogen-bond donors (Lipinski definition) is 1. The molecule has 0 saturated carbocycles. The highest BCUT2D eigenvalue weighted by Gasteiger charge is 2.20. The minimum Gasteiger partial charge on any atom is -0.355 e. The summed E-state index contributed by atoms with van der Waals surface area (Å²) in [5, 5.41) is 7.33. The van der Waals surface area contributed by atoms with Gasteiger partial charge < -0.3 is 10.2 Å². The van der Waals surface area contributed by atoms with Crippen molar-refractivity contribution >= 4 is 11.7 Å². The summed E-state index contributed by atoms with van der Waals surface area (Å²) in [5.74, 6) is 0.967. The second-order valence-corrected chi connectivity index (χ2v) is 7.13. The molecular weight excluding hydrogens is 292 g/mol. The van der Waals surface area contributed by atoms with E-state index < -0.39 is 0 Å². The van der Waals surface area contributed by atoms with Crippen molar-refractivity contribution in [3.05, 3.63) is 23.3 Å². The summed E-state index contributed by atoms with van der Waals surface area (Å²) in [6.07, 6.45) is 0.167. The third-order valence-corrected chi connectivity index (χ3v) is 3.49. The minimum absolute atomic E-state index is 0.0146. The molecule has 0 unspecified atom stereocenters. The van der Waals surface area contributed by atoms with Crippen molar-refractivity contribution in [1.29, 1.82) is 0 Å². The summed E-state index contributed by atoms with van der Waals surface area (Å²) in [6.45, 7) is 9.65. The Hall–Kier alpha value is -2.02. The molecule has 0 aliphatic rings. The number of hydrogen-bond acceptors (Lipinski definition) is 5. The van der Waals surface area contributed by atoms with Crippen LogP contribution in [0.25, 0.3) is 5.78 Å². The van der Waals surface area contributed by atoms with Gasteiger partial charge in [-0.3, -0.25) is 4.79 Å². The predicted molar refractivity (Wildman–Crippen MR) is 89.3 cm³/mol. The van der Waals surface area contributed by atoms with E-state index in [0.29, 0.717) is 18.1 Å². The lowest BCUT2D eigenvalue weighted by atomic mass is 9.93. The number of amides is 1. The van der Waals surface area contributed by atoms with Crippen LogP contribution in [0, 0.1) is 19.3 Å². The maximum absolute atomic E-state index is 12.1. The van der Waals surface area contributed by atoms with Crippen LogP contribution in [0.2, 0.25) is 0 Å². The van der Waals surface area contributed by atoms with E-state index in [1.54, 1.807) is 4.52 Å². The average molecular weight is 318 g/mol. The molecule has 0 aromatic carbocycles. The van der Waals surface area contributed by atoms with E-state index in [1.807, 2.05) is 34.0 Å². The van der Waals surface area contributed by atoms with Gasteiger partial charge in [0.25, 0.3) is 5.78 Å². The number of aromatic nitrogens is 4. The Bertz CT molecular complexity index is 704. The van der Waals surface area contributed by atoms with Crippen molar-refractivity contribution in [3.8, 4) is 0 Å². The highest BCUT2D eigenvalue weighted by molar-refractivity contribution is 5.77. The number of rotatable bonds is 6. The fourth-order valence-corrected chi connectivity index (χ4v) is 2.74. The molecule has 0 atom stereocenters. The highest BCUT2D eigenvalue weighted by Crippen LogP contribution is 2.14. The zero-order valence-corrected chi connectivity index (χ0v) is 14.8. The summed E-state index contributed by atoms with van der Waals surface area (Å²) < 4.78 is 1.67. The molecule has 126 valence electrons. The summed E-state index contributed by atoms with van der Waals surface area (Å²) >= 11 is 0. The quantitative estimate of drug-likeness (QED) is 0.859. The van der Waals surface area contributed by atoms with Gasteiger partial charge in [-0.25, -0.2) is 9.50 Å². The molecule has 7 nitrogen and oxygen atoms in total. The molecule has 0 spiro atoms. The van der Waals surface area contributed by atoms with Crippen molar-refractivity contribution in [2.24, 2.45) is 5.41 Å². The zero-order valence-electron chi connectivity index (χ0n) is 14.8. The Morgan fingerprint density at radius 3 is 2.65 bits per heavy atom. The molecule has 1 amide bonds. The molecule has 0 aliphatic heterocycles. The van der Waals surface area contributed by atoms with E-state index in [4.69, 9.17) is 0 Å². The van der Waals surface area contributed by atoms with Gasteiger partial charge in [0.2, 0.25) is 5.91 Å². The van der Waals surface area contributed by atoms with Gasteiger partial charge >= 0.3 is 0 Å². The Morgan fingerprint density at radius 2 is 2.00 bits per heavy atom. The van der Waals surface area contributed by atoms with E-state index >= 15 is 0 Å². The van der Waals surface area contributed by atoms with E-state index in [-0.39, 0.29) is 17.7 Å².